The summed E-state index contributed by atoms with van der Waals surface area (Å²) < 4.78 is 1.93. The second kappa shape index (κ2) is 6.80. The molecule has 0 saturated heterocycles. The normalized spacial score (nSPS) is 12.4. The SMILES string of the molecule is ClCCC(c1cc2ccccc2[n-]1)n1nnc2ccccc21.[Li+]. The van der Waals surface area contributed by atoms with Crippen molar-refractivity contribution >= 4 is 33.5 Å². The number of hydrogen-bond donors (Lipinski definition) is 0. The number of nitrogens with zero attached hydrogens (tertiary/aromatic N) is 4. The van der Waals surface area contributed by atoms with Crippen LogP contribution < -0.4 is 23.8 Å². The molecule has 0 aliphatic rings. The van der Waals surface area contributed by atoms with E-state index in [1.54, 1.807) is 0 Å². The topological polar surface area (TPSA) is 44.8 Å². The number of rotatable bonds is 4. The first-order valence-corrected chi connectivity index (χ1v) is 7.78. The Balaban J connectivity index is 0.00000156. The summed E-state index contributed by atoms with van der Waals surface area (Å²) in [6.07, 6.45) is 0.762. The minimum absolute atomic E-state index is 0. The van der Waals surface area contributed by atoms with Gasteiger partial charge in [0.05, 0.1) is 11.6 Å². The summed E-state index contributed by atoms with van der Waals surface area (Å²) in [6.45, 7) is 0. The molecule has 0 radical (unpaired) electrons. The first kappa shape index (κ1) is 16.1. The van der Waals surface area contributed by atoms with Gasteiger partial charge in [-0.15, -0.1) is 27.9 Å². The fourth-order valence-electron chi connectivity index (χ4n) is 2.83. The van der Waals surface area contributed by atoms with Gasteiger partial charge in [0.2, 0.25) is 0 Å². The van der Waals surface area contributed by atoms with Crippen molar-refractivity contribution in [2.24, 2.45) is 0 Å². The van der Waals surface area contributed by atoms with Gasteiger partial charge in [0, 0.05) is 5.88 Å². The van der Waals surface area contributed by atoms with Gasteiger partial charge in [-0.25, -0.2) is 4.68 Å². The van der Waals surface area contributed by atoms with E-state index in [1.807, 2.05) is 47.1 Å². The molecule has 0 saturated carbocycles. The summed E-state index contributed by atoms with van der Waals surface area (Å²) in [5.74, 6) is 0.544. The van der Waals surface area contributed by atoms with Crippen molar-refractivity contribution in [3.05, 3.63) is 60.3 Å². The molecule has 2 aromatic carbocycles. The number of fused-ring (bicyclic) bond motifs is 2. The molecule has 4 nitrogen and oxygen atoms in total. The van der Waals surface area contributed by atoms with E-state index in [4.69, 9.17) is 16.6 Å². The molecule has 6 heteroatoms. The van der Waals surface area contributed by atoms with Crippen molar-refractivity contribution in [2.75, 3.05) is 5.88 Å². The molecule has 0 bridgehead atoms. The molecule has 2 heterocycles. The maximum Gasteiger partial charge on any atom is 1.00 e. The van der Waals surface area contributed by atoms with Crippen LogP contribution in [0.5, 0.6) is 0 Å². The van der Waals surface area contributed by atoms with Crippen LogP contribution >= 0.6 is 11.6 Å². The van der Waals surface area contributed by atoms with Gasteiger partial charge >= 0.3 is 18.9 Å². The molecule has 0 aliphatic heterocycles. The standard InChI is InChI=1S/C17H14ClN4.Li/c18-10-9-17(15-11-12-5-1-2-6-13(12)19-15)22-16-8-4-3-7-14(16)20-21-22;/h1-8,11,17H,9-10H2;/q-1;+1. The predicted molar refractivity (Wildman–Crippen MR) is 88.3 cm³/mol. The molecule has 0 spiro atoms. The van der Waals surface area contributed by atoms with E-state index in [0.29, 0.717) is 5.88 Å². The Kier molecular flexibility index (Phi) is 4.77. The fourth-order valence-corrected chi connectivity index (χ4v) is 3.04. The first-order valence-electron chi connectivity index (χ1n) is 7.25. The zero-order valence-corrected chi connectivity index (χ0v) is 13.6. The summed E-state index contributed by atoms with van der Waals surface area (Å²) in [6, 6.07) is 18.2. The number of aromatic nitrogens is 4. The Morgan fingerprint density at radius 1 is 1.09 bits per heavy atom. The van der Waals surface area contributed by atoms with E-state index in [0.717, 1.165) is 34.1 Å². The zero-order chi connectivity index (χ0) is 14.9. The molecular weight excluding hydrogens is 303 g/mol. The second-order valence-electron chi connectivity index (χ2n) is 5.26. The number of halogens is 1. The van der Waals surface area contributed by atoms with Crippen molar-refractivity contribution in [1.82, 2.24) is 20.0 Å². The number of hydrogen-bond acceptors (Lipinski definition) is 2. The third-order valence-corrected chi connectivity index (χ3v) is 4.10. The monoisotopic (exact) mass is 316 g/mol. The van der Waals surface area contributed by atoms with Gasteiger partial charge in [-0.2, -0.15) is 0 Å². The zero-order valence-electron chi connectivity index (χ0n) is 12.9. The van der Waals surface area contributed by atoms with Gasteiger partial charge in [-0.1, -0.05) is 47.7 Å². The molecule has 0 amide bonds. The Morgan fingerprint density at radius 3 is 2.70 bits per heavy atom. The first-order chi connectivity index (χ1) is 10.9. The van der Waals surface area contributed by atoms with Crippen LogP contribution in [0, 0.1) is 0 Å². The molecule has 1 unspecified atom stereocenters. The van der Waals surface area contributed by atoms with E-state index >= 15 is 0 Å². The van der Waals surface area contributed by atoms with Gasteiger partial charge in [0.25, 0.3) is 0 Å². The fraction of sp³-hybridized carbons (Fsp3) is 0.176. The van der Waals surface area contributed by atoms with Crippen molar-refractivity contribution in [2.45, 2.75) is 12.5 Å². The molecule has 110 valence electrons. The van der Waals surface area contributed by atoms with E-state index in [9.17, 15) is 0 Å². The quantitative estimate of drug-likeness (QED) is 0.412. The van der Waals surface area contributed by atoms with E-state index in [-0.39, 0.29) is 24.9 Å². The maximum atomic E-state index is 6.02. The molecule has 1 atom stereocenters. The van der Waals surface area contributed by atoms with E-state index < -0.39 is 0 Å². The van der Waals surface area contributed by atoms with Crippen LogP contribution in [0.15, 0.2) is 54.6 Å². The predicted octanol–water partition coefficient (Wildman–Crippen LogP) is 0.764. The number of para-hydroxylation sites is 2. The van der Waals surface area contributed by atoms with Crippen molar-refractivity contribution < 1.29 is 18.9 Å². The van der Waals surface area contributed by atoms with Gasteiger partial charge in [0.15, 0.2) is 0 Å². The van der Waals surface area contributed by atoms with Gasteiger partial charge in [-0.05, 0) is 23.9 Å². The van der Waals surface area contributed by atoms with Crippen molar-refractivity contribution in [3.8, 4) is 0 Å². The molecule has 0 fully saturated rings. The molecule has 23 heavy (non-hydrogen) atoms. The van der Waals surface area contributed by atoms with Crippen LogP contribution in [0.4, 0.5) is 0 Å². The molecular formula is C17H14ClLiN4. The number of alkyl halides is 1. The molecule has 4 rings (SSSR count). The average Bonchev–Trinajstić information content (AvgIpc) is 3.16. The Hall–Kier alpha value is -1.73. The largest absolute Gasteiger partial charge is 1.00 e. The second-order valence-corrected chi connectivity index (χ2v) is 5.63. The van der Waals surface area contributed by atoms with Gasteiger partial charge in [-0.3, -0.25) is 0 Å². The van der Waals surface area contributed by atoms with Crippen molar-refractivity contribution in [1.29, 1.82) is 0 Å². The Bertz CT molecular complexity index is 897. The van der Waals surface area contributed by atoms with Crippen LogP contribution in [0.2, 0.25) is 0 Å². The molecule has 0 aliphatic carbocycles. The van der Waals surface area contributed by atoms with Gasteiger partial charge in [0.1, 0.15) is 5.52 Å². The van der Waals surface area contributed by atoms with Crippen LogP contribution in [-0.4, -0.2) is 20.9 Å². The summed E-state index contributed by atoms with van der Waals surface area (Å²) in [5, 5.41) is 9.71. The average molecular weight is 317 g/mol. The summed E-state index contributed by atoms with van der Waals surface area (Å²) in [4.78, 5) is 4.75. The molecule has 2 aromatic heterocycles. The summed E-state index contributed by atoms with van der Waals surface area (Å²) in [5.41, 5.74) is 3.88. The third kappa shape index (κ3) is 2.90. The Labute approximate surface area is 151 Å². The third-order valence-electron chi connectivity index (χ3n) is 3.89. The van der Waals surface area contributed by atoms with E-state index in [2.05, 4.69) is 22.4 Å². The van der Waals surface area contributed by atoms with Crippen LogP contribution in [0.3, 0.4) is 0 Å². The maximum absolute atomic E-state index is 6.02. The van der Waals surface area contributed by atoms with Crippen LogP contribution in [0.25, 0.3) is 21.9 Å². The van der Waals surface area contributed by atoms with Crippen molar-refractivity contribution in [3.63, 3.8) is 0 Å². The summed E-state index contributed by atoms with van der Waals surface area (Å²) in [7, 11) is 0. The summed E-state index contributed by atoms with van der Waals surface area (Å²) >= 11 is 6.02. The molecule has 0 N–H and O–H groups in total. The Morgan fingerprint density at radius 2 is 1.87 bits per heavy atom. The van der Waals surface area contributed by atoms with E-state index in [1.165, 1.54) is 0 Å². The molecule has 4 aromatic rings. The van der Waals surface area contributed by atoms with Gasteiger partial charge < -0.3 is 4.98 Å². The van der Waals surface area contributed by atoms with Crippen LogP contribution in [-0.2, 0) is 0 Å². The smallest absolute Gasteiger partial charge is 0.659 e. The number of benzene rings is 2. The minimum atomic E-state index is -0.00250. The minimum Gasteiger partial charge on any atom is -0.659 e. The van der Waals surface area contributed by atoms with Crippen LogP contribution in [0.1, 0.15) is 18.2 Å².